The van der Waals surface area contributed by atoms with Crippen LogP contribution in [0.3, 0.4) is 0 Å². The molecule has 0 bridgehead atoms. The van der Waals surface area contributed by atoms with E-state index in [4.69, 9.17) is 5.73 Å². The van der Waals surface area contributed by atoms with E-state index in [2.05, 4.69) is 29.1 Å². The van der Waals surface area contributed by atoms with Gasteiger partial charge in [0.25, 0.3) is 0 Å². The zero-order valence-electron chi connectivity index (χ0n) is 30.7. The lowest BCUT2D eigenvalue weighted by Crippen LogP contribution is -2.53. The minimum Gasteiger partial charge on any atom is -0.391 e. The summed E-state index contributed by atoms with van der Waals surface area (Å²) in [6.07, 6.45) is 15.8. The van der Waals surface area contributed by atoms with Gasteiger partial charge in [0, 0.05) is 56.7 Å². The molecule has 2 fully saturated rings. The van der Waals surface area contributed by atoms with E-state index < -0.39 is 12.0 Å². The van der Waals surface area contributed by atoms with Gasteiger partial charge in [-0.15, -0.1) is 11.3 Å². The first kappa shape index (κ1) is 39.7. The lowest BCUT2D eigenvalue weighted by Gasteiger charge is -2.42. The minimum absolute atomic E-state index is 0.0689. The highest BCUT2D eigenvalue weighted by Crippen LogP contribution is 2.34. The summed E-state index contributed by atoms with van der Waals surface area (Å²) in [6, 6.07) is 5.40. The predicted octanol–water partition coefficient (Wildman–Crippen LogP) is 6.03. The van der Waals surface area contributed by atoms with Crippen molar-refractivity contribution < 1.29 is 19.5 Å². The Kier molecular flexibility index (Phi) is 16.5. The summed E-state index contributed by atoms with van der Waals surface area (Å²) in [5.41, 5.74) is 7.57. The molecule has 278 valence electrons. The standard InChI is InChI=1S/C39H62N6O4S/c1-28(2)17-18-35(46)34(22-29-12-6-4-7-13-29)45(26-30-14-8-5-9-15-30)38(49)31(23-33-27-50-39(40)43-33)24-36(47)42-25-37(48)44(3)21-19-32-16-10-11-20-41-32/h10-11,16,20,27-31,34-35,46H,4-9,12-15,17-19,21-26H2,1-3H3,(H2,40,43)(H,42,47)/t31-,34+,35+/m1/s1. The van der Waals surface area contributed by atoms with E-state index in [0.29, 0.717) is 54.5 Å². The lowest BCUT2D eigenvalue weighted by atomic mass is 9.81. The summed E-state index contributed by atoms with van der Waals surface area (Å²) in [7, 11) is 1.72. The number of aliphatic hydroxyl groups excluding tert-OH is 1. The number of nitrogens with one attached hydrogen (secondary N) is 1. The van der Waals surface area contributed by atoms with Crippen molar-refractivity contribution in [3.05, 3.63) is 41.2 Å². The number of carbonyl (C=O) groups excluding carboxylic acids is 3. The molecule has 2 saturated carbocycles. The number of nitrogens with two attached hydrogens (primary N) is 1. The third-order valence-electron chi connectivity index (χ3n) is 10.7. The Balaban J connectivity index is 1.52. The smallest absolute Gasteiger partial charge is 0.241 e. The fourth-order valence-corrected chi connectivity index (χ4v) is 8.27. The molecule has 3 atom stereocenters. The second kappa shape index (κ2) is 20.7. The highest BCUT2D eigenvalue weighted by Gasteiger charge is 2.38. The van der Waals surface area contributed by atoms with E-state index in [0.717, 1.165) is 57.1 Å². The fourth-order valence-electron chi connectivity index (χ4n) is 7.70. The number of amides is 3. The number of thiazole rings is 1. The Bertz CT molecular complexity index is 1310. The van der Waals surface area contributed by atoms with Gasteiger partial charge in [-0.1, -0.05) is 71.3 Å². The molecule has 0 aliphatic heterocycles. The molecule has 10 nitrogen and oxygen atoms in total. The maximum Gasteiger partial charge on any atom is 0.241 e. The van der Waals surface area contributed by atoms with Gasteiger partial charge in [0.05, 0.1) is 30.3 Å². The number of aliphatic hydroxyl groups is 1. The molecule has 2 aromatic heterocycles. The Morgan fingerprint density at radius 2 is 1.70 bits per heavy atom. The number of hydrogen-bond acceptors (Lipinski definition) is 8. The normalized spacial score (nSPS) is 17.6. The number of anilines is 1. The molecule has 4 N–H and O–H groups in total. The number of aromatic nitrogens is 2. The van der Waals surface area contributed by atoms with Gasteiger partial charge in [-0.3, -0.25) is 19.4 Å². The first-order valence-corrected chi connectivity index (χ1v) is 20.1. The third-order valence-corrected chi connectivity index (χ3v) is 11.5. The average molecular weight is 711 g/mol. The number of hydrogen-bond donors (Lipinski definition) is 3. The van der Waals surface area contributed by atoms with Crippen molar-refractivity contribution in [3.63, 3.8) is 0 Å². The van der Waals surface area contributed by atoms with E-state index in [1.165, 1.54) is 37.0 Å². The van der Waals surface area contributed by atoms with E-state index in [-0.39, 0.29) is 43.1 Å². The second-order valence-electron chi connectivity index (χ2n) is 15.3. The zero-order valence-corrected chi connectivity index (χ0v) is 31.5. The molecule has 50 heavy (non-hydrogen) atoms. The van der Waals surface area contributed by atoms with Crippen LogP contribution in [0.4, 0.5) is 5.13 Å². The molecule has 2 aromatic rings. The van der Waals surface area contributed by atoms with E-state index in [9.17, 15) is 19.5 Å². The van der Waals surface area contributed by atoms with Crippen LogP contribution in [0.1, 0.15) is 115 Å². The summed E-state index contributed by atoms with van der Waals surface area (Å²) in [5.74, 6) is -0.0362. The summed E-state index contributed by atoms with van der Waals surface area (Å²) < 4.78 is 0. The van der Waals surface area contributed by atoms with Gasteiger partial charge in [0.2, 0.25) is 17.7 Å². The quantitative estimate of drug-likeness (QED) is 0.162. The Hall–Kier alpha value is -3.05. The highest BCUT2D eigenvalue weighted by atomic mass is 32.1. The molecule has 0 aromatic carbocycles. The SMILES string of the molecule is CC(C)CC[C@H](O)[C@H](CC1CCCCC1)N(CC1CCCCC1)C(=O)[C@@H](CC(=O)NCC(=O)N(C)CCc1ccccn1)Cc1csc(N)n1. The highest BCUT2D eigenvalue weighted by molar-refractivity contribution is 7.13. The minimum atomic E-state index is -0.691. The second-order valence-corrected chi connectivity index (χ2v) is 16.2. The van der Waals surface area contributed by atoms with Crippen molar-refractivity contribution in [1.82, 2.24) is 25.1 Å². The average Bonchev–Trinajstić information content (AvgIpc) is 3.54. The van der Waals surface area contributed by atoms with Gasteiger partial charge >= 0.3 is 0 Å². The fraction of sp³-hybridized carbons (Fsp3) is 0.718. The van der Waals surface area contributed by atoms with Crippen molar-refractivity contribution in [2.45, 2.75) is 129 Å². The number of rotatable bonds is 19. The topological polar surface area (TPSA) is 142 Å². The Morgan fingerprint density at radius 1 is 1.00 bits per heavy atom. The molecule has 11 heteroatoms. The van der Waals surface area contributed by atoms with Gasteiger partial charge in [0.15, 0.2) is 5.13 Å². The molecule has 2 aliphatic carbocycles. The van der Waals surface area contributed by atoms with Crippen LogP contribution in [0.2, 0.25) is 0 Å². The van der Waals surface area contributed by atoms with E-state index in [1.807, 2.05) is 28.5 Å². The summed E-state index contributed by atoms with van der Waals surface area (Å²) in [6.45, 7) is 5.28. The van der Waals surface area contributed by atoms with Gasteiger partial charge in [0.1, 0.15) is 0 Å². The third kappa shape index (κ3) is 13.2. The van der Waals surface area contributed by atoms with Crippen LogP contribution < -0.4 is 11.1 Å². The van der Waals surface area contributed by atoms with E-state index >= 15 is 0 Å². The Morgan fingerprint density at radius 3 is 2.32 bits per heavy atom. The molecule has 0 radical (unpaired) electrons. The number of nitrogen functional groups attached to an aromatic ring is 1. The van der Waals surface area contributed by atoms with Crippen LogP contribution in [0.5, 0.6) is 0 Å². The van der Waals surface area contributed by atoms with Crippen molar-refractivity contribution in [2.24, 2.45) is 23.7 Å². The molecule has 3 amide bonds. The Labute approximate surface area is 304 Å². The summed E-state index contributed by atoms with van der Waals surface area (Å²) >= 11 is 1.32. The lowest BCUT2D eigenvalue weighted by molar-refractivity contribution is -0.145. The van der Waals surface area contributed by atoms with E-state index in [1.54, 1.807) is 18.1 Å². The van der Waals surface area contributed by atoms with Crippen LogP contribution in [0.15, 0.2) is 29.8 Å². The van der Waals surface area contributed by atoms with Crippen LogP contribution in [-0.2, 0) is 27.2 Å². The molecular formula is C39H62N6O4S. The molecule has 0 saturated heterocycles. The molecule has 0 unspecified atom stereocenters. The van der Waals surface area contributed by atoms with Gasteiger partial charge in [-0.25, -0.2) is 4.98 Å². The van der Waals surface area contributed by atoms with Crippen LogP contribution >= 0.6 is 11.3 Å². The molecule has 4 rings (SSSR count). The number of likely N-dealkylation sites (N-methyl/N-ethyl adjacent to an activating group) is 1. The summed E-state index contributed by atoms with van der Waals surface area (Å²) in [4.78, 5) is 53.8. The molecule has 2 aliphatic rings. The predicted molar refractivity (Wildman–Crippen MR) is 200 cm³/mol. The van der Waals surface area contributed by atoms with Crippen molar-refractivity contribution >= 4 is 34.2 Å². The molecule has 0 spiro atoms. The van der Waals surface area contributed by atoms with Crippen molar-refractivity contribution in [3.8, 4) is 0 Å². The summed E-state index contributed by atoms with van der Waals surface area (Å²) in [5, 5.41) is 16.9. The van der Waals surface area contributed by atoms with Gasteiger partial charge in [-0.05, 0) is 62.0 Å². The van der Waals surface area contributed by atoms with Crippen LogP contribution in [-0.4, -0.2) is 81.4 Å². The van der Waals surface area contributed by atoms with Crippen LogP contribution in [0.25, 0.3) is 0 Å². The molecule has 2 heterocycles. The van der Waals surface area contributed by atoms with Crippen LogP contribution in [0, 0.1) is 23.7 Å². The molecular weight excluding hydrogens is 649 g/mol. The number of nitrogens with zero attached hydrogens (tertiary/aromatic N) is 4. The van der Waals surface area contributed by atoms with Crippen molar-refractivity contribution in [1.29, 1.82) is 0 Å². The van der Waals surface area contributed by atoms with Gasteiger partial charge in [-0.2, -0.15) is 0 Å². The maximum absolute atomic E-state index is 15.0. The van der Waals surface area contributed by atoms with Gasteiger partial charge < -0.3 is 26.0 Å². The number of pyridine rings is 1. The maximum atomic E-state index is 15.0. The van der Waals surface area contributed by atoms with Crippen molar-refractivity contribution in [2.75, 3.05) is 32.4 Å². The largest absolute Gasteiger partial charge is 0.391 e. The first-order valence-electron chi connectivity index (χ1n) is 19.2. The first-order chi connectivity index (χ1) is 24.1. The monoisotopic (exact) mass is 710 g/mol. The number of carbonyl (C=O) groups is 3. The zero-order chi connectivity index (χ0) is 35.9.